The highest BCUT2D eigenvalue weighted by atomic mass is 19.2. The van der Waals surface area contributed by atoms with E-state index in [-0.39, 0.29) is 42.9 Å². The highest BCUT2D eigenvalue weighted by Gasteiger charge is 2.20. The molecule has 2 aromatic carbocycles. The summed E-state index contributed by atoms with van der Waals surface area (Å²) in [6.45, 7) is 2.73. The number of fused-ring (bicyclic) bond motifs is 1. The molecule has 228 valence electrons. The zero-order valence-corrected chi connectivity index (χ0v) is 23.9. The van der Waals surface area contributed by atoms with Gasteiger partial charge in [0.2, 0.25) is 11.7 Å². The molecule has 1 atom stereocenters. The molecule has 0 radical (unpaired) electrons. The predicted molar refractivity (Wildman–Crippen MR) is 159 cm³/mol. The van der Waals surface area contributed by atoms with E-state index >= 15 is 0 Å². The number of ether oxygens (including phenoxy) is 1. The van der Waals surface area contributed by atoms with Crippen LogP contribution in [0.15, 0.2) is 48.9 Å². The van der Waals surface area contributed by atoms with E-state index in [9.17, 15) is 18.4 Å². The number of nitrogens with one attached hydrogen (secondary N) is 4. The van der Waals surface area contributed by atoms with Crippen molar-refractivity contribution < 1.29 is 23.1 Å². The molecule has 0 spiro atoms. The number of nitrogens with zero attached hydrogens (tertiary/aromatic N) is 3. The van der Waals surface area contributed by atoms with Crippen LogP contribution in [0.25, 0.3) is 16.9 Å². The van der Waals surface area contributed by atoms with Gasteiger partial charge in [-0.3, -0.25) is 19.3 Å². The number of nitrogens with two attached hydrogens (primary N) is 2. The third-order valence-corrected chi connectivity index (χ3v) is 6.64. The zero-order valence-electron chi connectivity index (χ0n) is 23.9. The number of aromatic nitrogens is 3. The van der Waals surface area contributed by atoms with Crippen LogP contribution in [0.4, 0.5) is 20.3 Å². The number of benzene rings is 2. The molecule has 0 aliphatic carbocycles. The molecule has 43 heavy (non-hydrogen) atoms. The summed E-state index contributed by atoms with van der Waals surface area (Å²) in [6, 6.07) is 7.37. The summed E-state index contributed by atoms with van der Waals surface area (Å²) in [7, 11) is 1.63. The Morgan fingerprint density at radius 3 is 2.63 bits per heavy atom. The minimum atomic E-state index is -1.09. The molecule has 2 heterocycles. The van der Waals surface area contributed by atoms with Gasteiger partial charge in [-0.2, -0.15) is 4.39 Å². The first-order valence-electron chi connectivity index (χ1n) is 13.8. The normalized spacial score (nSPS) is 11.8. The molecule has 0 fully saturated rings. The summed E-state index contributed by atoms with van der Waals surface area (Å²) >= 11 is 0. The first-order chi connectivity index (χ1) is 20.8. The van der Waals surface area contributed by atoms with Crippen LogP contribution in [0.5, 0.6) is 5.75 Å². The number of carbonyl (C=O) groups is 2. The number of carbonyl (C=O) groups excluding carboxylic acids is 2. The molecule has 2 aromatic heterocycles. The fourth-order valence-electron chi connectivity index (χ4n) is 4.42. The molecule has 0 saturated heterocycles. The molecule has 2 amide bonds. The average molecular weight is 596 g/mol. The van der Waals surface area contributed by atoms with Crippen LogP contribution in [0, 0.1) is 11.6 Å². The molecule has 4 rings (SSSR count). The van der Waals surface area contributed by atoms with Crippen molar-refractivity contribution in [3.63, 3.8) is 0 Å². The van der Waals surface area contributed by atoms with Gasteiger partial charge >= 0.3 is 0 Å². The standard InChI is InChI=1S/C29H35F2N9O3/c1-3-17-14-18(4-5-19(17)28(41)36-10-11-37-29(42)21(33)8-9-32)39-26-27-38-15-22(40(27)13-12-35-26)20-6-7-23(43-16-34-2)25(31)24(20)30/h4-7,12-15,21,34H,3,8-11,16,32-33H2,1-2H3,(H,35,39)(H,36,41)(H,37,42)/t21-/m0/s1. The fourth-order valence-corrected chi connectivity index (χ4v) is 4.42. The molecule has 14 heteroatoms. The first kappa shape index (κ1) is 31.3. The number of rotatable bonds is 14. The van der Waals surface area contributed by atoms with E-state index in [0.29, 0.717) is 47.8 Å². The number of hydrogen-bond donors (Lipinski definition) is 6. The van der Waals surface area contributed by atoms with Crippen LogP contribution in [-0.4, -0.2) is 65.6 Å². The van der Waals surface area contributed by atoms with Crippen molar-refractivity contribution >= 4 is 29.0 Å². The molecule has 8 N–H and O–H groups in total. The molecule has 0 aliphatic rings. The van der Waals surface area contributed by atoms with Crippen molar-refractivity contribution in [3.8, 4) is 17.0 Å². The summed E-state index contributed by atoms with van der Waals surface area (Å²) in [6.07, 6.45) is 5.51. The number of aryl methyl sites for hydroxylation is 1. The lowest BCUT2D eigenvalue weighted by Crippen LogP contribution is -2.44. The summed E-state index contributed by atoms with van der Waals surface area (Å²) < 4.78 is 36.4. The lowest BCUT2D eigenvalue weighted by molar-refractivity contribution is -0.122. The number of halogens is 2. The van der Waals surface area contributed by atoms with Crippen molar-refractivity contribution in [2.24, 2.45) is 11.5 Å². The minimum absolute atomic E-state index is 0.0144. The summed E-state index contributed by atoms with van der Waals surface area (Å²) in [5, 5.41) is 11.4. The highest BCUT2D eigenvalue weighted by molar-refractivity contribution is 5.96. The molecular formula is C29H35F2N9O3. The van der Waals surface area contributed by atoms with Gasteiger partial charge in [0.05, 0.1) is 17.9 Å². The molecule has 0 bridgehead atoms. The van der Waals surface area contributed by atoms with E-state index in [4.69, 9.17) is 16.2 Å². The highest BCUT2D eigenvalue weighted by Crippen LogP contribution is 2.31. The molecule has 0 saturated carbocycles. The number of anilines is 2. The van der Waals surface area contributed by atoms with Gasteiger partial charge in [0.25, 0.3) is 5.91 Å². The van der Waals surface area contributed by atoms with Crippen LogP contribution in [0.1, 0.15) is 29.3 Å². The predicted octanol–water partition coefficient (Wildman–Crippen LogP) is 2.06. The number of amides is 2. The lowest BCUT2D eigenvalue weighted by Gasteiger charge is -2.14. The second kappa shape index (κ2) is 14.5. The lowest BCUT2D eigenvalue weighted by atomic mass is 10.0. The van der Waals surface area contributed by atoms with Gasteiger partial charge in [-0.15, -0.1) is 0 Å². The Bertz CT molecular complexity index is 1600. The van der Waals surface area contributed by atoms with Crippen LogP contribution < -0.4 is 37.5 Å². The van der Waals surface area contributed by atoms with E-state index in [1.807, 2.05) is 13.0 Å². The third-order valence-electron chi connectivity index (χ3n) is 6.64. The Morgan fingerprint density at radius 1 is 1.09 bits per heavy atom. The van der Waals surface area contributed by atoms with E-state index in [1.165, 1.54) is 24.5 Å². The first-order valence-corrected chi connectivity index (χ1v) is 13.8. The van der Waals surface area contributed by atoms with Crippen molar-refractivity contribution in [1.29, 1.82) is 0 Å². The second-order valence-corrected chi connectivity index (χ2v) is 9.58. The molecule has 4 aromatic rings. The van der Waals surface area contributed by atoms with Crippen LogP contribution in [0.2, 0.25) is 0 Å². The van der Waals surface area contributed by atoms with E-state index in [1.54, 1.807) is 29.8 Å². The van der Waals surface area contributed by atoms with E-state index in [0.717, 1.165) is 5.56 Å². The maximum Gasteiger partial charge on any atom is 0.251 e. The summed E-state index contributed by atoms with van der Waals surface area (Å²) in [5.41, 5.74) is 13.8. The Hall–Kier alpha value is -4.66. The van der Waals surface area contributed by atoms with Gasteiger partial charge in [0.15, 0.2) is 23.0 Å². The van der Waals surface area contributed by atoms with Gasteiger partial charge in [0, 0.05) is 42.3 Å². The topological polar surface area (TPSA) is 174 Å². The molecule has 0 aliphatic heterocycles. The van der Waals surface area contributed by atoms with Gasteiger partial charge in [-0.05, 0) is 62.3 Å². The van der Waals surface area contributed by atoms with E-state index < -0.39 is 17.7 Å². The van der Waals surface area contributed by atoms with Crippen molar-refractivity contribution in [1.82, 2.24) is 30.3 Å². The Kier molecular flexibility index (Phi) is 10.5. The number of imidazole rings is 1. The molecule has 0 unspecified atom stereocenters. The molecular weight excluding hydrogens is 560 g/mol. The summed E-state index contributed by atoms with van der Waals surface area (Å²) in [4.78, 5) is 33.5. The van der Waals surface area contributed by atoms with Crippen LogP contribution in [-0.2, 0) is 11.2 Å². The van der Waals surface area contributed by atoms with Gasteiger partial charge in [-0.25, -0.2) is 14.4 Å². The fraction of sp³-hybridized carbons (Fsp3) is 0.310. The van der Waals surface area contributed by atoms with Gasteiger partial charge in [0.1, 0.15) is 6.73 Å². The largest absolute Gasteiger partial charge is 0.475 e. The Balaban J connectivity index is 1.48. The SMILES string of the molecule is CCc1cc(Nc2nccn3c(-c4ccc(OCNC)c(F)c4F)cnc23)ccc1C(=O)NCCNC(=O)[C@@H](N)CCN. The maximum absolute atomic E-state index is 15.0. The summed E-state index contributed by atoms with van der Waals surface area (Å²) in [5.74, 6) is -2.57. The van der Waals surface area contributed by atoms with Crippen molar-refractivity contribution in [3.05, 3.63) is 71.7 Å². The quantitative estimate of drug-likeness (QED) is 0.0942. The third kappa shape index (κ3) is 7.23. The smallest absolute Gasteiger partial charge is 0.251 e. The second-order valence-electron chi connectivity index (χ2n) is 9.58. The minimum Gasteiger partial charge on any atom is -0.475 e. The van der Waals surface area contributed by atoms with Gasteiger partial charge < -0.3 is 32.2 Å². The van der Waals surface area contributed by atoms with E-state index in [2.05, 4.69) is 31.2 Å². The molecule has 12 nitrogen and oxygen atoms in total. The Morgan fingerprint density at radius 2 is 1.88 bits per heavy atom. The Labute approximate surface area is 247 Å². The zero-order chi connectivity index (χ0) is 30.9. The monoisotopic (exact) mass is 595 g/mol. The van der Waals surface area contributed by atoms with Crippen LogP contribution >= 0.6 is 0 Å². The van der Waals surface area contributed by atoms with Crippen molar-refractivity contribution in [2.45, 2.75) is 25.8 Å². The van der Waals surface area contributed by atoms with Crippen LogP contribution in [0.3, 0.4) is 0 Å². The number of hydrogen-bond acceptors (Lipinski definition) is 9. The van der Waals surface area contributed by atoms with Crippen molar-refractivity contribution in [2.75, 3.05) is 38.7 Å². The maximum atomic E-state index is 15.0. The van der Waals surface area contributed by atoms with Gasteiger partial charge in [-0.1, -0.05) is 6.92 Å². The average Bonchev–Trinajstić information content (AvgIpc) is 3.44.